The van der Waals surface area contributed by atoms with Crippen LogP contribution in [0.5, 0.6) is 5.75 Å². The standard InChI is InChI=1S/C22H23N3O6S/c1-2-30-18-7-3-16(4-8-18)21-15-20(24-31-21)22(26)23-17-5-9-19(10-6-17)32(27,28)25-11-13-29-14-12-25/h3-10,15H,2,11-14H2,1H3,(H,23,26). The fourth-order valence-electron chi connectivity index (χ4n) is 3.24. The van der Waals surface area contributed by atoms with Gasteiger partial charge in [0.25, 0.3) is 5.91 Å². The zero-order valence-electron chi connectivity index (χ0n) is 17.5. The van der Waals surface area contributed by atoms with Gasteiger partial charge < -0.3 is 19.3 Å². The van der Waals surface area contributed by atoms with E-state index in [1.54, 1.807) is 18.2 Å². The molecular formula is C22H23N3O6S. The molecule has 0 unspecified atom stereocenters. The summed E-state index contributed by atoms with van der Waals surface area (Å²) in [5.74, 6) is 0.729. The van der Waals surface area contributed by atoms with E-state index in [1.165, 1.54) is 16.4 Å². The smallest absolute Gasteiger partial charge is 0.277 e. The maximum atomic E-state index is 12.7. The van der Waals surface area contributed by atoms with Crippen LogP contribution in [-0.2, 0) is 14.8 Å². The third-order valence-electron chi connectivity index (χ3n) is 4.91. The summed E-state index contributed by atoms with van der Waals surface area (Å²) in [6, 6.07) is 14.8. The predicted molar refractivity (Wildman–Crippen MR) is 117 cm³/mol. The van der Waals surface area contributed by atoms with Crippen molar-refractivity contribution in [1.82, 2.24) is 9.46 Å². The quantitative estimate of drug-likeness (QED) is 0.581. The molecule has 1 fully saturated rings. The Morgan fingerprint density at radius 3 is 2.44 bits per heavy atom. The van der Waals surface area contributed by atoms with Crippen molar-refractivity contribution >= 4 is 21.6 Å². The average Bonchev–Trinajstić information content (AvgIpc) is 3.31. The van der Waals surface area contributed by atoms with Crippen LogP contribution in [0.1, 0.15) is 17.4 Å². The molecule has 1 aliphatic rings. The van der Waals surface area contributed by atoms with Crippen LogP contribution in [-0.4, -0.2) is 56.7 Å². The molecule has 2 heterocycles. The van der Waals surface area contributed by atoms with E-state index in [1.807, 2.05) is 31.2 Å². The molecule has 1 saturated heterocycles. The van der Waals surface area contributed by atoms with Gasteiger partial charge in [-0.05, 0) is 55.5 Å². The summed E-state index contributed by atoms with van der Waals surface area (Å²) in [4.78, 5) is 12.7. The zero-order valence-corrected chi connectivity index (χ0v) is 18.3. The van der Waals surface area contributed by atoms with Gasteiger partial charge in [-0.15, -0.1) is 0 Å². The van der Waals surface area contributed by atoms with Gasteiger partial charge in [-0.2, -0.15) is 4.31 Å². The highest BCUT2D eigenvalue weighted by Crippen LogP contribution is 2.24. The van der Waals surface area contributed by atoms with Gasteiger partial charge >= 0.3 is 0 Å². The van der Waals surface area contributed by atoms with Crippen LogP contribution in [0, 0.1) is 0 Å². The molecule has 0 aliphatic carbocycles. The number of morpholine rings is 1. The molecular weight excluding hydrogens is 434 g/mol. The highest BCUT2D eigenvalue weighted by molar-refractivity contribution is 7.89. The van der Waals surface area contributed by atoms with Crippen LogP contribution in [0.2, 0.25) is 0 Å². The normalized spacial score (nSPS) is 14.8. The first-order valence-corrected chi connectivity index (χ1v) is 11.6. The number of hydrogen-bond donors (Lipinski definition) is 1. The first-order valence-electron chi connectivity index (χ1n) is 10.2. The van der Waals surface area contributed by atoms with Crippen molar-refractivity contribution in [3.63, 3.8) is 0 Å². The number of nitrogens with zero attached hydrogens (tertiary/aromatic N) is 2. The van der Waals surface area contributed by atoms with Crippen LogP contribution >= 0.6 is 0 Å². The molecule has 1 N–H and O–H groups in total. The number of hydrogen-bond acceptors (Lipinski definition) is 7. The fourth-order valence-corrected chi connectivity index (χ4v) is 4.65. The minimum Gasteiger partial charge on any atom is -0.494 e. The van der Waals surface area contributed by atoms with Crippen LogP contribution in [0.4, 0.5) is 5.69 Å². The van der Waals surface area contributed by atoms with Crippen molar-refractivity contribution in [1.29, 1.82) is 0 Å². The van der Waals surface area contributed by atoms with Crippen molar-refractivity contribution in [2.75, 3.05) is 38.2 Å². The Morgan fingerprint density at radius 1 is 1.09 bits per heavy atom. The lowest BCUT2D eigenvalue weighted by atomic mass is 10.1. The first kappa shape index (κ1) is 22.0. The lowest BCUT2D eigenvalue weighted by molar-refractivity contribution is 0.0730. The SMILES string of the molecule is CCOc1ccc(-c2cc(C(=O)Nc3ccc(S(=O)(=O)N4CCOCC4)cc3)no2)cc1. The summed E-state index contributed by atoms with van der Waals surface area (Å²) in [6.07, 6.45) is 0. The Kier molecular flexibility index (Phi) is 6.54. The maximum Gasteiger partial charge on any atom is 0.277 e. The van der Waals surface area contributed by atoms with Crippen molar-refractivity contribution in [2.24, 2.45) is 0 Å². The number of sulfonamides is 1. The van der Waals surface area contributed by atoms with E-state index < -0.39 is 15.9 Å². The second-order valence-corrected chi connectivity index (χ2v) is 8.97. The molecule has 0 radical (unpaired) electrons. The van der Waals surface area contributed by atoms with Gasteiger partial charge in [0, 0.05) is 30.4 Å². The Morgan fingerprint density at radius 2 is 1.78 bits per heavy atom. The van der Waals surface area contributed by atoms with Gasteiger partial charge in [-0.3, -0.25) is 4.79 Å². The Labute approximate surface area is 186 Å². The monoisotopic (exact) mass is 457 g/mol. The topological polar surface area (TPSA) is 111 Å². The molecule has 0 saturated carbocycles. The summed E-state index contributed by atoms with van der Waals surface area (Å²) in [5.41, 5.74) is 1.32. The van der Waals surface area contributed by atoms with Crippen LogP contribution in [0.3, 0.4) is 0 Å². The first-order chi connectivity index (χ1) is 15.5. The number of nitrogens with one attached hydrogen (secondary N) is 1. The number of anilines is 1. The molecule has 1 aromatic heterocycles. The van der Waals surface area contributed by atoms with Crippen LogP contribution in [0.15, 0.2) is 64.0 Å². The van der Waals surface area contributed by atoms with E-state index in [0.29, 0.717) is 44.4 Å². The molecule has 2 aromatic carbocycles. The summed E-state index contributed by atoms with van der Waals surface area (Å²) in [5, 5.41) is 6.53. The van der Waals surface area contributed by atoms with Gasteiger partial charge in [0.2, 0.25) is 10.0 Å². The predicted octanol–water partition coefficient (Wildman–Crippen LogP) is 3.01. The zero-order chi connectivity index (χ0) is 22.6. The van der Waals surface area contributed by atoms with Gasteiger partial charge in [0.15, 0.2) is 11.5 Å². The second-order valence-electron chi connectivity index (χ2n) is 7.03. The molecule has 0 atom stereocenters. The minimum atomic E-state index is -3.59. The number of carbonyl (C=O) groups is 1. The summed E-state index contributed by atoms with van der Waals surface area (Å²) >= 11 is 0. The van der Waals surface area contributed by atoms with Crippen LogP contribution < -0.4 is 10.1 Å². The summed E-state index contributed by atoms with van der Waals surface area (Å²) in [7, 11) is -3.59. The fraction of sp³-hybridized carbons (Fsp3) is 0.273. The Bertz CT molecular complexity index is 1170. The molecule has 3 aromatic rings. The Hall–Kier alpha value is -3.21. The summed E-state index contributed by atoms with van der Waals surface area (Å²) in [6.45, 7) is 3.89. The molecule has 0 spiro atoms. The van der Waals surface area contributed by atoms with Gasteiger partial charge in [-0.1, -0.05) is 5.16 Å². The van der Waals surface area contributed by atoms with Gasteiger partial charge in [0.05, 0.1) is 24.7 Å². The van der Waals surface area contributed by atoms with Gasteiger partial charge in [0.1, 0.15) is 5.75 Å². The van der Waals surface area contributed by atoms with Crippen molar-refractivity contribution < 1.29 is 27.2 Å². The van der Waals surface area contributed by atoms with E-state index in [4.69, 9.17) is 14.0 Å². The molecule has 0 bridgehead atoms. The number of aromatic nitrogens is 1. The van der Waals surface area contributed by atoms with Crippen molar-refractivity contribution in [3.05, 3.63) is 60.3 Å². The van der Waals surface area contributed by atoms with E-state index in [-0.39, 0.29) is 10.6 Å². The number of carbonyl (C=O) groups excluding carboxylic acids is 1. The van der Waals surface area contributed by atoms with Crippen molar-refractivity contribution in [3.8, 4) is 17.1 Å². The number of amides is 1. The molecule has 168 valence electrons. The lowest BCUT2D eigenvalue weighted by Crippen LogP contribution is -2.40. The van der Waals surface area contributed by atoms with Crippen LogP contribution in [0.25, 0.3) is 11.3 Å². The third kappa shape index (κ3) is 4.82. The van der Waals surface area contributed by atoms with E-state index >= 15 is 0 Å². The van der Waals surface area contributed by atoms with E-state index in [9.17, 15) is 13.2 Å². The largest absolute Gasteiger partial charge is 0.494 e. The second kappa shape index (κ2) is 9.51. The molecule has 1 aliphatic heterocycles. The number of ether oxygens (including phenoxy) is 2. The van der Waals surface area contributed by atoms with Gasteiger partial charge in [-0.25, -0.2) is 8.42 Å². The van der Waals surface area contributed by atoms with Crippen molar-refractivity contribution in [2.45, 2.75) is 11.8 Å². The maximum absolute atomic E-state index is 12.7. The molecule has 1 amide bonds. The highest BCUT2D eigenvalue weighted by atomic mass is 32.2. The van der Waals surface area contributed by atoms with E-state index in [0.717, 1.165) is 11.3 Å². The molecule has 4 rings (SSSR count). The average molecular weight is 458 g/mol. The Balaban J connectivity index is 1.42. The van der Waals surface area contributed by atoms with E-state index in [2.05, 4.69) is 10.5 Å². The number of benzene rings is 2. The summed E-state index contributed by atoms with van der Waals surface area (Å²) < 4.78 is 42.7. The molecule has 9 nitrogen and oxygen atoms in total. The lowest BCUT2D eigenvalue weighted by Gasteiger charge is -2.26. The molecule has 10 heteroatoms. The molecule has 32 heavy (non-hydrogen) atoms. The highest BCUT2D eigenvalue weighted by Gasteiger charge is 2.26. The minimum absolute atomic E-state index is 0.110. The third-order valence-corrected chi connectivity index (χ3v) is 6.83. The number of rotatable bonds is 7.